The van der Waals surface area contributed by atoms with Crippen molar-refractivity contribution >= 4 is 41.0 Å². The first-order valence-corrected chi connectivity index (χ1v) is 10.6. The number of carbonyl (C=O) groups excluding carboxylic acids is 2. The first-order chi connectivity index (χ1) is 17.2. The molecule has 182 valence electrons. The standard InChI is InChI=1S/C22H14ClF3N8O2/c1-32-18(9-15(23)21(32)34-28-7-8-29-34)31-20(36)14-10-30-33(19(14)22(24,25)26)17-4-2-3-12-13(17)5-6-27-16(12)11-35/h2-10,27H,1H3,(H,31,36). The molecule has 1 aromatic carbocycles. The SMILES string of the molecule is Cn1c(NC(=O)c2cnn(-c3cccc4c3C=CNC4=C=O)c2C(F)(F)F)cc(Cl)c1-n1nccn1. The highest BCUT2D eigenvalue weighted by molar-refractivity contribution is 6.32. The van der Waals surface area contributed by atoms with Crippen molar-refractivity contribution in [1.82, 2.24) is 34.7 Å². The Labute approximate surface area is 205 Å². The molecule has 0 radical (unpaired) electrons. The van der Waals surface area contributed by atoms with Gasteiger partial charge in [-0.3, -0.25) is 4.79 Å². The zero-order chi connectivity index (χ0) is 25.6. The first kappa shape index (κ1) is 23.1. The van der Waals surface area contributed by atoms with Crippen LogP contribution >= 0.6 is 11.6 Å². The van der Waals surface area contributed by atoms with Crippen molar-refractivity contribution in [1.29, 1.82) is 0 Å². The minimum absolute atomic E-state index is 0.0262. The highest BCUT2D eigenvalue weighted by Gasteiger charge is 2.41. The van der Waals surface area contributed by atoms with E-state index in [-0.39, 0.29) is 22.2 Å². The van der Waals surface area contributed by atoms with E-state index in [1.807, 2.05) is 0 Å². The zero-order valence-electron chi connectivity index (χ0n) is 18.2. The summed E-state index contributed by atoms with van der Waals surface area (Å²) in [7, 11) is 1.54. The number of nitrogens with zero attached hydrogens (tertiary/aromatic N) is 6. The lowest BCUT2D eigenvalue weighted by molar-refractivity contribution is -0.143. The van der Waals surface area contributed by atoms with Crippen LogP contribution in [0.4, 0.5) is 19.0 Å². The molecule has 2 N–H and O–H groups in total. The fourth-order valence-corrected chi connectivity index (χ4v) is 4.19. The maximum absolute atomic E-state index is 14.3. The number of hydrogen-bond donors (Lipinski definition) is 2. The van der Waals surface area contributed by atoms with Gasteiger partial charge in [0.25, 0.3) is 5.91 Å². The van der Waals surface area contributed by atoms with Gasteiger partial charge in [-0.25, -0.2) is 9.48 Å². The van der Waals surface area contributed by atoms with E-state index in [1.165, 1.54) is 52.2 Å². The van der Waals surface area contributed by atoms with Gasteiger partial charge in [0.15, 0.2) is 17.5 Å². The number of benzene rings is 1. The number of hydrogen-bond acceptors (Lipinski definition) is 6. The lowest BCUT2D eigenvalue weighted by Gasteiger charge is -2.19. The van der Waals surface area contributed by atoms with Gasteiger partial charge in [0.2, 0.25) is 0 Å². The number of carbonyl (C=O) groups is 1. The Morgan fingerprint density at radius 3 is 2.64 bits per heavy atom. The molecule has 10 nitrogen and oxygen atoms in total. The molecule has 3 aromatic heterocycles. The number of rotatable bonds is 4. The molecule has 36 heavy (non-hydrogen) atoms. The van der Waals surface area contributed by atoms with Gasteiger partial charge in [0.05, 0.1) is 34.9 Å². The van der Waals surface area contributed by atoms with E-state index in [2.05, 4.69) is 25.9 Å². The molecule has 0 saturated carbocycles. The number of alkyl halides is 3. The van der Waals surface area contributed by atoms with Crippen LogP contribution < -0.4 is 10.6 Å². The van der Waals surface area contributed by atoms with E-state index in [9.17, 15) is 22.8 Å². The van der Waals surface area contributed by atoms with Crippen molar-refractivity contribution in [3.63, 3.8) is 0 Å². The maximum atomic E-state index is 14.3. The molecular weight excluding hydrogens is 501 g/mol. The van der Waals surface area contributed by atoms with Crippen LogP contribution in [0.2, 0.25) is 5.02 Å². The monoisotopic (exact) mass is 514 g/mol. The quantitative estimate of drug-likeness (QED) is 0.403. The molecule has 1 aliphatic rings. The second-order valence-electron chi connectivity index (χ2n) is 7.54. The molecule has 4 aromatic rings. The van der Waals surface area contributed by atoms with Gasteiger partial charge in [-0.1, -0.05) is 23.7 Å². The lowest BCUT2D eigenvalue weighted by atomic mass is 10.0. The van der Waals surface area contributed by atoms with Crippen molar-refractivity contribution in [3.05, 3.63) is 76.5 Å². The molecule has 14 heteroatoms. The van der Waals surface area contributed by atoms with Crippen LogP contribution in [0.5, 0.6) is 0 Å². The zero-order valence-corrected chi connectivity index (χ0v) is 19.0. The summed E-state index contributed by atoms with van der Waals surface area (Å²) in [6, 6.07) is 5.81. The van der Waals surface area contributed by atoms with E-state index < -0.39 is 23.3 Å². The Hall–Kier alpha value is -4.61. The van der Waals surface area contributed by atoms with Crippen LogP contribution in [0.1, 0.15) is 27.2 Å². The van der Waals surface area contributed by atoms with Crippen LogP contribution in [0.15, 0.2) is 49.1 Å². The molecule has 0 spiro atoms. The summed E-state index contributed by atoms with van der Waals surface area (Å²) in [5.41, 5.74) is -1.25. The molecule has 0 unspecified atom stereocenters. The van der Waals surface area contributed by atoms with Crippen LogP contribution in [0, 0.1) is 0 Å². The van der Waals surface area contributed by atoms with E-state index in [1.54, 1.807) is 19.1 Å². The molecule has 5 rings (SSSR count). The van der Waals surface area contributed by atoms with Crippen LogP contribution in [0.3, 0.4) is 0 Å². The molecule has 1 amide bonds. The topological polar surface area (TPSA) is 112 Å². The summed E-state index contributed by atoms with van der Waals surface area (Å²) in [4.78, 5) is 25.5. The summed E-state index contributed by atoms with van der Waals surface area (Å²) >= 11 is 6.24. The molecule has 1 aliphatic heterocycles. The average molecular weight is 515 g/mol. The molecule has 0 fully saturated rings. The maximum Gasteiger partial charge on any atom is 0.434 e. The molecule has 0 bridgehead atoms. The summed E-state index contributed by atoms with van der Waals surface area (Å²) in [5.74, 6) is 1.09. The molecule has 0 atom stereocenters. The highest BCUT2D eigenvalue weighted by atomic mass is 35.5. The summed E-state index contributed by atoms with van der Waals surface area (Å²) in [6.07, 6.45) is 1.65. The van der Waals surface area contributed by atoms with E-state index in [0.717, 1.165) is 6.20 Å². The van der Waals surface area contributed by atoms with Gasteiger partial charge < -0.3 is 15.2 Å². The molecule has 4 heterocycles. The Kier molecular flexibility index (Phi) is 5.50. The minimum atomic E-state index is -4.94. The largest absolute Gasteiger partial charge is 0.434 e. The van der Waals surface area contributed by atoms with Crippen LogP contribution in [-0.2, 0) is 18.0 Å². The summed E-state index contributed by atoms with van der Waals surface area (Å²) in [6.45, 7) is 0. The van der Waals surface area contributed by atoms with Crippen molar-refractivity contribution in [3.8, 4) is 11.5 Å². The van der Waals surface area contributed by atoms with E-state index >= 15 is 0 Å². The Morgan fingerprint density at radius 1 is 1.19 bits per heavy atom. The number of halogens is 4. The Balaban J connectivity index is 1.58. The Bertz CT molecular complexity index is 1580. The van der Waals surface area contributed by atoms with Crippen LogP contribution in [-0.4, -0.2) is 41.2 Å². The summed E-state index contributed by atoms with van der Waals surface area (Å²) in [5, 5.41) is 17.1. The van der Waals surface area contributed by atoms with Gasteiger partial charge in [-0.15, -0.1) is 4.80 Å². The van der Waals surface area contributed by atoms with Crippen molar-refractivity contribution in [2.75, 3.05) is 5.32 Å². The molecular formula is C22H14ClF3N8O2. The van der Waals surface area contributed by atoms with Crippen molar-refractivity contribution in [2.24, 2.45) is 7.05 Å². The predicted octanol–water partition coefficient (Wildman–Crippen LogP) is 3.46. The Morgan fingerprint density at radius 2 is 1.94 bits per heavy atom. The fraction of sp³-hybridized carbons (Fsp3) is 0.0909. The van der Waals surface area contributed by atoms with Gasteiger partial charge in [0, 0.05) is 30.4 Å². The third kappa shape index (κ3) is 3.76. The highest BCUT2D eigenvalue weighted by Crippen LogP contribution is 2.36. The minimum Gasteiger partial charge on any atom is -0.352 e. The van der Waals surface area contributed by atoms with Crippen molar-refractivity contribution < 1.29 is 22.8 Å². The summed E-state index contributed by atoms with van der Waals surface area (Å²) < 4.78 is 44.8. The van der Waals surface area contributed by atoms with Gasteiger partial charge >= 0.3 is 6.18 Å². The lowest BCUT2D eigenvalue weighted by Crippen LogP contribution is -2.22. The molecule has 0 saturated heterocycles. The van der Waals surface area contributed by atoms with Gasteiger partial charge in [0.1, 0.15) is 11.5 Å². The fourth-order valence-electron chi connectivity index (χ4n) is 3.89. The third-order valence-electron chi connectivity index (χ3n) is 5.45. The number of anilines is 1. The average Bonchev–Trinajstić information content (AvgIpc) is 3.58. The first-order valence-electron chi connectivity index (χ1n) is 10.2. The second-order valence-corrected chi connectivity index (χ2v) is 7.95. The van der Waals surface area contributed by atoms with Crippen LogP contribution in [0.25, 0.3) is 23.3 Å². The van der Waals surface area contributed by atoms with E-state index in [4.69, 9.17) is 11.6 Å². The predicted molar refractivity (Wildman–Crippen MR) is 123 cm³/mol. The third-order valence-corrected chi connectivity index (χ3v) is 5.73. The number of aromatic nitrogens is 6. The number of amides is 1. The van der Waals surface area contributed by atoms with E-state index in [0.29, 0.717) is 21.6 Å². The number of nitrogens with one attached hydrogen (secondary N) is 2. The number of fused-ring (bicyclic) bond motifs is 1. The normalized spacial score (nSPS) is 12.8. The smallest absolute Gasteiger partial charge is 0.352 e. The molecule has 0 aliphatic carbocycles. The second kappa shape index (κ2) is 8.56. The van der Waals surface area contributed by atoms with Gasteiger partial charge in [-0.2, -0.15) is 28.5 Å². The van der Waals surface area contributed by atoms with Crippen molar-refractivity contribution in [2.45, 2.75) is 6.18 Å². The van der Waals surface area contributed by atoms with Gasteiger partial charge in [-0.05, 0) is 12.1 Å².